The molecule has 0 heterocycles. The first-order valence-corrected chi connectivity index (χ1v) is 8.69. The molecule has 0 amide bonds. The third-order valence-corrected chi connectivity index (χ3v) is 4.50. The van der Waals surface area contributed by atoms with Crippen LogP contribution in [0.25, 0.3) is 0 Å². The molecular weight excluding hydrogens is 340 g/mol. The number of alkyl halides is 1. The molecule has 0 radical (unpaired) electrons. The van der Waals surface area contributed by atoms with Crippen molar-refractivity contribution < 1.29 is 9.90 Å². The molecule has 1 atom stereocenters. The Morgan fingerprint density at radius 1 is 1.14 bits per heavy atom. The predicted octanol–water partition coefficient (Wildman–Crippen LogP) is 5.04. The average Bonchev–Trinajstić information content (AvgIpc) is 2.54. The molecule has 0 spiro atoms. The van der Waals surface area contributed by atoms with E-state index in [2.05, 4.69) is 47.1 Å². The first-order valence-electron chi connectivity index (χ1n) is 7.57. The van der Waals surface area contributed by atoms with Crippen LogP contribution in [0.1, 0.15) is 52.4 Å². The van der Waals surface area contributed by atoms with Gasteiger partial charge in [-0.2, -0.15) is 0 Å². The van der Waals surface area contributed by atoms with Gasteiger partial charge in [-0.05, 0) is 41.2 Å². The van der Waals surface area contributed by atoms with Crippen molar-refractivity contribution in [1.29, 1.82) is 0 Å². The van der Waals surface area contributed by atoms with Crippen molar-refractivity contribution in [2.24, 2.45) is 0 Å². The summed E-state index contributed by atoms with van der Waals surface area (Å²) in [7, 11) is 0. The van der Waals surface area contributed by atoms with E-state index in [-0.39, 0.29) is 5.92 Å². The summed E-state index contributed by atoms with van der Waals surface area (Å²) in [6.07, 6.45) is 1.76. The van der Waals surface area contributed by atoms with E-state index in [1.165, 1.54) is 11.1 Å². The zero-order chi connectivity index (χ0) is 16.1. The summed E-state index contributed by atoms with van der Waals surface area (Å²) in [6.45, 7) is 4.15. The van der Waals surface area contributed by atoms with Gasteiger partial charge in [0.15, 0.2) is 0 Å². The molecule has 2 rings (SSSR count). The highest BCUT2D eigenvalue weighted by Gasteiger charge is 2.13. The van der Waals surface area contributed by atoms with Crippen molar-refractivity contribution in [1.82, 2.24) is 0 Å². The minimum Gasteiger partial charge on any atom is -0.478 e. The zero-order valence-corrected chi connectivity index (χ0v) is 14.6. The van der Waals surface area contributed by atoms with Gasteiger partial charge in [0, 0.05) is 11.2 Å². The molecule has 0 aliphatic carbocycles. The molecule has 0 saturated heterocycles. The highest BCUT2D eigenvalue weighted by atomic mass is 79.9. The summed E-state index contributed by atoms with van der Waals surface area (Å²) < 4.78 is 0. The van der Waals surface area contributed by atoms with Gasteiger partial charge in [0.05, 0.1) is 5.56 Å². The molecule has 2 aromatic rings. The lowest BCUT2D eigenvalue weighted by Crippen LogP contribution is -2.04. The van der Waals surface area contributed by atoms with E-state index in [9.17, 15) is 9.90 Å². The van der Waals surface area contributed by atoms with E-state index in [4.69, 9.17) is 0 Å². The van der Waals surface area contributed by atoms with Crippen LogP contribution in [0.5, 0.6) is 0 Å². The number of carboxylic acids is 1. The Kier molecular flexibility index (Phi) is 5.78. The number of rotatable bonds is 6. The maximum absolute atomic E-state index is 11.2. The molecule has 0 aromatic heterocycles. The number of aromatic carboxylic acids is 1. The lowest BCUT2D eigenvalue weighted by Gasteiger charge is -2.15. The molecule has 0 bridgehead atoms. The van der Waals surface area contributed by atoms with Crippen molar-refractivity contribution in [3.05, 3.63) is 70.3 Å². The van der Waals surface area contributed by atoms with E-state index in [1.54, 1.807) is 6.07 Å². The third-order valence-electron chi connectivity index (χ3n) is 4.10. The Morgan fingerprint density at radius 3 is 2.32 bits per heavy atom. The monoisotopic (exact) mass is 360 g/mol. The summed E-state index contributed by atoms with van der Waals surface area (Å²) in [4.78, 5) is 11.2. The largest absolute Gasteiger partial charge is 0.478 e. The van der Waals surface area contributed by atoms with Crippen LogP contribution in [-0.4, -0.2) is 16.4 Å². The molecule has 2 nitrogen and oxygen atoms in total. The average molecular weight is 361 g/mol. The predicted molar refractivity (Wildman–Crippen MR) is 94.2 cm³/mol. The maximum Gasteiger partial charge on any atom is 0.335 e. The standard InChI is InChI=1S/C19H21BrO2/c1-3-15-12-17(8-9-18(15)19(21)22)13(2)16-6-4-14(5-7-16)10-11-20/h4-9,12-13H,3,10-11H2,1-2H3,(H,21,22). The van der Waals surface area contributed by atoms with Crippen LogP contribution in [0.3, 0.4) is 0 Å². The van der Waals surface area contributed by atoms with Crippen molar-refractivity contribution in [2.75, 3.05) is 5.33 Å². The Morgan fingerprint density at radius 2 is 1.77 bits per heavy atom. The lowest BCUT2D eigenvalue weighted by molar-refractivity contribution is 0.0695. The van der Waals surface area contributed by atoms with Crippen LogP contribution in [-0.2, 0) is 12.8 Å². The van der Waals surface area contributed by atoms with Gasteiger partial charge in [0.2, 0.25) is 0 Å². The first-order chi connectivity index (χ1) is 10.6. The Balaban J connectivity index is 2.28. The van der Waals surface area contributed by atoms with Gasteiger partial charge in [-0.15, -0.1) is 0 Å². The van der Waals surface area contributed by atoms with E-state index in [0.29, 0.717) is 5.56 Å². The van der Waals surface area contributed by atoms with Crippen molar-refractivity contribution in [2.45, 2.75) is 32.6 Å². The number of aryl methyl sites for hydroxylation is 2. The van der Waals surface area contributed by atoms with Gasteiger partial charge >= 0.3 is 5.97 Å². The number of hydrogen-bond acceptors (Lipinski definition) is 1. The van der Waals surface area contributed by atoms with E-state index < -0.39 is 5.97 Å². The Hall–Kier alpha value is -1.61. The molecule has 1 N–H and O–H groups in total. The molecule has 0 aliphatic heterocycles. The van der Waals surface area contributed by atoms with Gasteiger partial charge in [0.25, 0.3) is 0 Å². The van der Waals surface area contributed by atoms with E-state index in [0.717, 1.165) is 29.3 Å². The topological polar surface area (TPSA) is 37.3 Å². The summed E-state index contributed by atoms with van der Waals surface area (Å²) in [5.41, 5.74) is 5.04. The number of benzene rings is 2. The molecular formula is C19H21BrO2. The van der Waals surface area contributed by atoms with Gasteiger partial charge in [0.1, 0.15) is 0 Å². The highest BCUT2D eigenvalue weighted by molar-refractivity contribution is 9.09. The van der Waals surface area contributed by atoms with Gasteiger partial charge < -0.3 is 5.11 Å². The number of halogens is 1. The number of hydrogen-bond donors (Lipinski definition) is 1. The number of carbonyl (C=O) groups is 1. The fourth-order valence-corrected chi connectivity index (χ4v) is 3.12. The summed E-state index contributed by atoms with van der Waals surface area (Å²) in [5, 5.41) is 10.2. The quantitative estimate of drug-likeness (QED) is 0.732. The molecule has 3 heteroatoms. The molecule has 22 heavy (non-hydrogen) atoms. The fourth-order valence-electron chi connectivity index (χ4n) is 2.66. The second kappa shape index (κ2) is 7.59. The fraction of sp³-hybridized carbons (Fsp3) is 0.316. The van der Waals surface area contributed by atoms with Crippen LogP contribution < -0.4 is 0 Å². The highest BCUT2D eigenvalue weighted by Crippen LogP contribution is 2.26. The smallest absolute Gasteiger partial charge is 0.335 e. The Bertz CT molecular complexity index is 647. The minimum atomic E-state index is -0.852. The van der Waals surface area contributed by atoms with Crippen LogP contribution in [0.4, 0.5) is 0 Å². The van der Waals surface area contributed by atoms with Gasteiger partial charge in [-0.1, -0.05) is 66.2 Å². The summed E-state index contributed by atoms with van der Waals surface area (Å²) in [6, 6.07) is 14.4. The third kappa shape index (κ3) is 3.77. The molecule has 2 aromatic carbocycles. The van der Waals surface area contributed by atoms with Crippen LogP contribution >= 0.6 is 15.9 Å². The second-order valence-corrected chi connectivity index (χ2v) is 6.27. The Labute approximate surface area is 140 Å². The second-order valence-electron chi connectivity index (χ2n) is 5.48. The van der Waals surface area contributed by atoms with Gasteiger partial charge in [-0.3, -0.25) is 0 Å². The molecule has 1 unspecified atom stereocenters. The van der Waals surface area contributed by atoms with E-state index in [1.807, 2.05) is 19.1 Å². The van der Waals surface area contributed by atoms with Crippen LogP contribution in [0.2, 0.25) is 0 Å². The van der Waals surface area contributed by atoms with Crippen LogP contribution in [0, 0.1) is 0 Å². The normalized spacial score (nSPS) is 12.1. The van der Waals surface area contributed by atoms with Crippen molar-refractivity contribution in [3.63, 3.8) is 0 Å². The minimum absolute atomic E-state index is 0.256. The van der Waals surface area contributed by atoms with Gasteiger partial charge in [-0.25, -0.2) is 4.79 Å². The summed E-state index contributed by atoms with van der Waals surface area (Å²) in [5.74, 6) is -0.596. The van der Waals surface area contributed by atoms with Crippen molar-refractivity contribution in [3.8, 4) is 0 Å². The maximum atomic E-state index is 11.2. The first kappa shape index (κ1) is 16.8. The SMILES string of the molecule is CCc1cc(C(C)c2ccc(CCBr)cc2)ccc1C(=O)O. The van der Waals surface area contributed by atoms with E-state index >= 15 is 0 Å². The lowest BCUT2D eigenvalue weighted by atomic mass is 9.89. The molecule has 116 valence electrons. The van der Waals surface area contributed by atoms with Crippen LogP contribution in [0.15, 0.2) is 42.5 Å². The molecule has 0 aliphatic rings. The summed E-state index contributed by atoms with van der Waals surface area (Å²) >= 11 is 3.46. The molecule has 0 saturated carbocycles. The van der Waals surface area contributed by atoms with Crippen molar-refractivity contribution >= 4 is 21.9 Å². The molecule has 0 fully saturated rings. The zero-order valence-electron chi connectivity index (χ0n) is 13.0. The number of carboxylic acid groups (broad SMARTS) is 1.